The molecule has 35 heavy (non-hydrogen) atoms. The zero-order valence-corrected chi connectivity index (χ0v) is 20.4. The second-order valence-corrected chi connectivity index (χ2v) is 9.83. The van der Waals surface area contributed by atoms with Gasteiger partial charge in [-0.1, -0.05) is 29.8 Å². The van der Waals surface area contributed by atoms with Gasteiger partial charge in [0.05, 0.1) is 12.6 Å². The van der Waals surface area contributed by atoms with Crippen LogP contribution in [0.2, 0.25) is 5.02 Å². The molecule has 7 nitrogen and oxygen atoms in total. The van der Waals surface area contributed by atoms with Gasteiger partial charge >= 0.3 is 0 Å². The Morgan fingerprint density at radius 3 is 2.54 bits per heavy atom. The van der Waals surface area contributed by atoms with Crippen LogP contribution in [0, 0.1) is 0 Å². The van der Waals surface area contributed by atoms with Crippen LogP contribution in [-0.4, -0.2) is 71.2 Å². The molecule has 3 aromatic rings. The van der Waals surface area contributed by atoms with Gasteiger partial charge in [0, 0.05) is 62.7 Å². The summed E-state index contributed by atoms with van der Waals surface area (Å²) >= 11 is 6.14. The molecule has 3 aliphatic heterocycles. The molecule has 2 aromatic carbocycles. The normalized spacial score (nSPS) is 20.1. The molecule has 0 spiro atoms. The Kier molecular flexibility index (Phi) is 6.14. The van der Waals surface area contributed by atoms with Crippen LogP contribution in [0.3, 0.4) is 0 Å². The number of carbonyl (C=O) groups excluding carboxylic acids is 1. The summed E-state index contributed by atoms with van der Waals surface area (Å²) in [5.41, 5.74) is 3.59. The highest BCUT2D eigenvalue weighted by atomic mass is 35.5. The van der Waals surface area contributed by atoms with Crippen molar-refractivity contribution >= 4 is 17.5 Å². The summed E-state index contributed by atoms with van der Waals surface area (Å²) in [5.74, 6) is 1.83. The molecule has 0 bridgehead atoms. The molecule has 3 aliphatic rings. The van der Waals surface area contributed by atoms with Crippen LogP contribution in [-0.2, 0) is 17.9 Å². The van der Waals surface area contributed by atoms with Crippen LogP contribution in [0.5, 0.6) is 11.5 Å². The average molecular weight is 493 g/mol. The van der Waals surface area contributed by atoms with Gasteiger partial charge in [0.1, 0.15) is 0 Å². The van der Waals surface area contributed by atoms with Gasteiger partial charge in [-0.25, -0.2) is 0 Å². The van der Waals surface area contributed by atoms with Gasteiger partial charge in [0.25, 0.3) is 0 Å². The van der Waals surface area contributed by atoms with Crippen LogP contribution in [0.15, 0.2) is 60.8 Å². The molecule has 1 amide bonds. The third kappa shape index (κ3) is 4.63. The Labute approximate surface area is 210 Å². The van der Waals surface area contributed by atoms with Gasteiger partial charge in [-0.3, -0.25) is 14.6 Å². The molecule has 0 saturated carbocycles. The minimum atomic E-state index is 0.0484. The number of halogens is 1. The molecule has 1 aromatic heterocycles. The van der Waals surface area contributed by atoms with Crippen molar-refractivity contribution in [3.8, 4) is 11.5 Å². The number of aromatic nitrogens is 1. The summed E-state index contributed by atoms with van der Waals surface area (Å²) in [6.07, 6.45) is 2.12. The number of hydrogen-bond acceptors (Lipinski definition) is 5. The summed E-state index contributed by atoms with van der Waals surface area (Å²) in [4.78, 5) is 20.1. The van der Waals surface area contributed by atoms with Crippen LogP contribution in [0.25, 0.3) is 0 Å². The van der Waals surface area contributed by atoms with Crippen molar-refractivity contribution in [2.24, 2.45) is 0 Å². The Morgan fingerprint density at radius 1 is 0.914 bits per heavy atom. The first-order valence-electron chi connectivity index (χ1n) is 12.2. The molecule has 0 aliphatic carbocycles. The standard InChI is InChI=1S/C27H29ClN4O3/c28-22-6-4-21(5-7-22)27-23-2-1-9-30(23)14-15-32(27)18-26(33)31-12-10-29(11-13-31)17-20-3-8-24-25(16-20)35-19-34-24/h1-9,16,27H,10-15,17-19H2. The van der Waals surface area contributed by atoms with Gasteiger partial charge in [0.2, 0.25) is 12.7 Å². The monoisotopic (exact) mass is 492 g/mol. The van der Waals surface area contributed by atoms with Gasteiger partial charge in [-0.15, -0.1) is 0 Å². The maximum atomic E-state index is 13.3. The van der Waals surface area contributed by atoms with Crippen LogP contribution >= 0.6 is 11.6 Å². The van der Waals surface area contributed by atoms with Crippen molar-refractivity contribution in [2.45, 2.75) is 19.1 Å². The second kappa shape index (κ2) is 9.57. The highest BCUT2D eigenvalue weighted by molar-refractivity contribution is 6.30. The smallest absolute Gasteiger partial charge is 0.236 e. The zero-order chi connectivity index (χ0) is 23.8. The number of nitrogens with zero attached hydrogens (tertiary/aromatic N) is 4. The summed E-state index contributed by atoms with van der Waals surface area (Å²) < 4.78 is 13.2. The van der Waals surface area contributed by atoms with Crippen molar-refractivity contribution in [3.05, 3.63) is 82.6 Å². The summed E-state index contributed by atoms with van der Waals surface area (Å²) in [7, 11) is 0. The van der Waals surface area contributed by atoms with Crippen molar-refractivity contribution in [1.29, 1.82) is 0 Å². The van der Waals surface area contributed by atoms with Crippen molar-refractivity contribution in [3.63, 3.8) is 0 Å². The van der Waals surface area contributed by atoms with Gasteiger partial charge in [-0.2, -0.15) is 0 Å². The summed E-state index contributed by atoms with van der Waals surface area (Å²) in [5, 5.41) is 0.723. The van der Waals surface area contributed by atoms with Crippen LogP contribution < -0.4 is 9.47 Å². The number of carbonyl (C=O) groups is 1. The average Bonchev–Trinajstić information content (AvgIpc) is 3.54. The highest BCUT2D eigenvalue weighted by Gasteiger charge is 2.32. The van der Waals surface area contributed by atoms with E-state index in [0.717, 1.165) is 67.9 Å². The summed E-state index contributed by atoms with van der Waals surface area (Å²) in [6, 6.07) is 18.4. The molecular weight excluding hydrogens is 464 g/mol. The van der Waals surface area contributed by atoms with E-state index in [2.05, 4.69) is 57.0 Å². The van der Waals surface area contributed by atoms with E-state index in [1.165, 1.54) is 11.3 Å². The topological polar surface area (TPSA) is 50.2 Å². The molecule has 1 atom stereocenters. The Morgan fingerprint density at radius 2 is 1.71 bits per heavy atom. The fourth-order valence-electron chi connectivity index (χ4n) is 5.36. The maximum Gasteiger partial charge on any atom is 0.236 e. The van der Waals surface area contributed by atoms with E-state index >= 15 is 0 Å². The van der Waals surface area contributed by atoms with E-state index in [4.69, 9.17) is 21.1 Å². The van der Waals surface area contributed by atoms with Gasteiger partial charge in [-0.05, 0) is 47.5 Å². The Balaban J connectivity index is 1.09. The molecule has 1 saturated heterocycles. The molecule has 1 unspecified atom stereocenters. The van der Waals surface area contributed by atoms with E-state index in [1.54, 1.807) is 0 Å². The molecule has 182 valence electrons. The third-order valence-electron chi connectivity index (χ3n) is 7.23. The minimum absolute atomic E-state index is 0.0484. The Hall–Kier alpha value is -3.00. The fraction of sp³-hybridized carbons (Fsp3) is 0.370. The Bertz CT molecular complexity index is 1200. The lowest BCUT2D eigenvalue weighted by molar-refractivity contribution is -0.134. The lowest BCUT2D eigenvalue weighted by Gasteiger charge is -2.39. The lowest BCUT2D eigenvalue weighted by atomic mass is 10.00. The van der Waals surface area contributed by atoms with E-state index in [1.807, 2.05) is 23.1 Å². The largest absolute Gasteiger partial charge is 0.454 e. The molecule has 0 radical (unpaired) electrons. The quantitative estimate of drug-likeness (QED) is 0.544. The van der Waals surface area contributed by atoms with Gasteiger partial charge in [0.15, 0.2) is 11.5 Å². The first kappa shape index (κ1) is 22.5. The lowest BCUT2D eigenvalue weighted by Crippen LogP contribution is -2.52. The van der Waals surface area contributed by atoms with E-state index in [0.29, 0.717) is 13.3 Å². The second-order valence-electron chi connectivity index (χ2n) is 9.40. The van der Waals surface area contributed by atoms with Crippen molar-refractivity contribution in [2.75, 3.05) is 46.1 Å². The number of fused-ring (bicyclic) bond motifs is 2. The van der Waals surface area contributed by atoms with Crippen LogP contribution in [0.1, 0.15) is 22.9 Å². The highest BCUT2D eigenvalue weighted by Crippen LogP contribution is 2.34. The third-order valence-corrected chi connectivity index (χ3v) is 7.48. The minimum Gasteiger partial charge on any atom is -0.454 e. The number of amides is 1. The molecule has 0 N–H and O–H groups in total. The van der Waals surface area contributed by atoms with Crippen LogP contribution in [0.4, 0.5) is 0 Å². The zero-order valence-electron chi connectivity index (χ0n) is 19.6. The predicted molar refractivity (Wildman–Crippen MR) is 134 cm³/mol. The fourth-order valence-corrected chi connectivity index (χ4v) is 5.48. The summed E-state index contributed by atoms with van der Waals surface area (Å²) in [6.45, 7) is 6.52. The molecule has 1 fully saturated rings. The van der Waals surface area contributed by atoms with Gasteiger partial charge < -0.3 is 18.9 Å². The van der Waals surface area contributed by atoms with E-state index in [-0.39, 0.29) is 11.9 Å². The SMILES string of the molecule is O=C(CN1CCn2cccc2C1c1ccc(Cl)cc1)N1CCN(Cc2ccc3c(c2)OCO3)CC1. The van der Waals surface area contributed by atoms with Crippen molar-refractivity contribution in [1.82, 2.24) is 19.3 Å². The molecule has 6 rings (SSSR count). The maximum absolute atomic E-state index is 13.3. The predicted octanol–water partition coefficient (Wildman–Crippen LogP) is 3.62. The number of rotatable bonds is 5. The van der Waals surface area contributed by atoms with E-state index < -0.39 is 0 Å². The first-order chi connectivity index (χ1) is 17.1. The number of ether oxygens (including phenoxy) is 2. The van der Waals surface area contributed by atoms with E-state index in [9.17, 15) is 4.79 Å². The number of benzene rings is 2. The molecule has 8 heteroatoms. The molecule has 4 heterocycles. The number of hydrogen-bond donors (Lipinski definition) is 0. The number of piperazine rings is 1. The molecular formula is C27H29ClN4O3. The van der Waals surface area contributed by atoms with Crippen molar-refractivity contribution < 1.29 is 14.3 Å². The first-order valence-corrected chi connectivity index (χ1v) is 12.5.